The molecule has 10 nitrogen and oxygen atoms in total. The first kappa shape index (κ1) is 26.6. The zero-order valence-corrected chi connectivity index (χ0v) is 22.2. The molecular weight excluding hydrogens is 504 g/mol. The molecule has 4 fully saturated rings. The van der Waals surface area contributed by atoms with Crippen LogP contribution in [0.2, 0.25) is 0 Å². The predicted molar refractivity (Wildman–Crippen MR) is 139 cm³/mol. The van der Waals surface area contributed by atoms with Gasteiger partial charge in [-0.2, -0.15) is 0 Å². The molecule has 4 saturated carbocycles. The van der Waals surface area contributed by atoms with Gasteiger partial charge in [-0.3, -0.25) is 19.3 Å². The van der Waals surface area contributed by atoms with E-state index in [4.69, 9.17) is 9.47 Å². The Hall–Kier alpha value is -3.95. The first-order valence-corrected chi connectivity index (χ1v) is 13.1. The first-order valence-electron chi connectivity index (χ1n) is 13.1. The summed E-state index contributed by atoms with van der Waals surface area (Å²) in [7, 11) is 2.90. The summed E-state index contributed by atoms with van der Waals surface area (Å²) < 4.78 is 11.8. The van der Waals surface area contributed by atoms with Crippen molar-refractivity contribution in [1.29, 1.82) is 0 Å². The van der Waals surface area contributed by atoms with E-state index in [9.17, 15) is 29.1 Å². The maximum atomic E-state index is 14.3. The first-order chi connectivity index (χ1) is 18.5. The SMILES string of the molecule is COC(=O)C12CC3CC(C1)CC(C(=O)N(c1ccc(OC(=O)c4cccn(C)c4=O)cc1)[C@@H](C)C(=O)O)(C3)C2. The van der Waals surface area contributed by atoms with E-state index in [0.717, 1.165) is 6.42 Å². The van der Waals surface area contributed by atoms with Gasteiger partial charge in [0.25, 0.3) is 5.56 Å². The topological polar surface area (TPSA) is 132 Å². The lowest BCUT2D eigenvalue weighted by molar-refractivity contribution is -0.181. The second-order valence-electron chi connectivity index (χ2n) is 11.4. The fraction of sp³-hybridized carbons (Fsp3) is 0.483. The summed E-state index contributed by atoms with van der Waals surface area (Å²) in [5, 5.41) is 9.90. The van der Waals surface area contributed by atoms with Gasteiger partial charge in [-0.25, -0.2) is 9.59 Å². The van der Waals surface area contributed by atoms with Crippen LogP contribution in [-0.4, -0.2) is 46.6 Å². The second-order valence-corrected chi connectivity index (χ2v) is 11.4. The molecule has 0 spiro atoms. The minimum Gasteiger partial charge on any atom is -0.480 e. The number of benzene rings is 1. The van der Waals surface area contributed by atoms with Crippen molar-refractivity contribution in [3.8, 4) is 5.75 Å². The van der Waals surface area contributed by atoms with Crippen molar-refractivity contribution in [3.63, 3.8) is 0 Å². The van der Waals surface area contributed by atoms with Gasteiger partial charge in [-0.05, 0) is 93.7 Å². The second kappa shape index (κ2) is 9.66. The molecular formula is C29H32N2O8. The maximum Gasteiger partial charge on any atom is 0.349 e. The van der Waals surface area contributed by atoms with Crippen molar-refractivity contribution < 1.29 is 33.8 Å². The number of aliphatic carboxylic acids is 1. The molecule has 0 saturated heterocycles. The molecule has 4 bridgehead atoms. The third-order valence-corrected chi connectivity index (χ3v) is 8.77. The van der Waals surface area contributed by atoms with Gasteiger partial charge in [0.1, 0.15) is 17.4 Å². The number of esters is 2. The van der Waals surface area contributed by atoms with Crippen molar-refractivity contribution in [2.75, 3.05) is 12.0 Å². The molecule has 6 rings (SSSR count). The molecule has 2 unspecified atom stereocenters. The number of carboxylic acids is 1. The van der Waals surface area contributed by atoms with Crippen LogP contribution in [0.25, 0.3) is 0 Å². The Balaban J connectivity index is 1.43. The Morgan fingerprint density at radius 2 is 1.64 bits per heavy atom. The Morgan fingerprint density at radius 3 is 2.23 bits per heavy atom. The third kappa shape index (κ3) is 4.51. The monoisotopic (exact) mass is 536 g/mol. The van der Waals surface area contributed by atoms with Gasteiger partial charge in [0.2, 0.25) is 5.91 Å². The number of carbonyl (C=O) groups excluding carboxylic acids is 3. The van der Waals surface area contributed by atoms with Crippen LogP contribution in [0.5, 0.6) is 5.75 Å². The zero-order chi connectivity index (χ0) is 28.1. The highest BCUT2D eigenvalue weighted by Gasteiger charge is 2.64. The van der Waals surface area contributed by atoms with Crippen LogP contribution in [0.3, 0.4) is 0 Å². The number of aromatic nitrogens is 1. The summed E-state index contributed by atoms with van der Waals surface area (Å²) in [4.78, 5) is 65.4. The van der Waals surface area contributed by atoms with Gasteiger partial charge < -0.3 is 19.1 Å². The van der Waals surface area contributed by atoms with Crippen LogP contribution in [0.15, 0.2) is 47.4 Å². The molecule has 206 valence electrons. The van der Waals surface area contributed by atoms with Crippen molar-refractivity contribution in [2.45, 2.75) is 51.5 Å². The molecule has 0 radical (unpaired) electrons. The number of ether oxygens (including phenoxy) is 2. The Kier molecular flexibility index (Phi) is 6.60. The van der Waals surface area contributed by atoms with Crippen LogP contribution in [-0.2, 0) is 26.2 Å². The van der Waals surface area contributed by atoms with Gasteiger partial charge in [0.05, 0.1) is 17.9 Å². The average molecular weight is 537 g/mol. The van der Waals surface area contributed by atoms with E-state index in [0.29, 0.717) is 37.8 Å². The number of anilines is 1. The number of amides is 1. The van der Waals surface area contributed by atoms with Gasteiger partial charge >= 0.3 is 17.9 Å². The number of methoxy groups -OCH3 is 1. The molecule has 0 aliphatic heterocycles. The summed E-state index contributed by atoms with van der Waals surface area (Å²) in [5.41, 5.74) is -1.83. The van der Waals surface area contributed by atoms with Gasteiger partial charge in [0, 0.05) is 18.9 Å². The largest absolute Gasteiger partial charge is 0.480 e. The molecule has 1 N–H and O–H groups in total. The van der Waals surface area contributed by atoms with E-state index in [-0.39, 0.29) is 35.0 Å². The lowest BCUT2D eigenvalue weighted by Crippen LogP contribution is -2.62. The summed E-state index contributed by atoms with van der Waals surface area (Å²) in [5.74, 6) is -2.01. The number of rotatable bonds is 7. The molecule has 39 heavy (non-hydrogen) atoms. The highest BCUT2D eigenvalue weighted by atomic mass is 16.5. The van der Waals surface area contributed by atoms with Gasteiger partial charge in [-0.15, -0.1) is 0 Å². The van der Waals surface area contributed by atoms with Crippen LogP contribution in [0.4, 0.5) is 5.69 Å². The fourth-order valence-corrected chi connectivity index (χ4v) is 7.44. The number of nitrogens with zero attached hydrogens (tertiary/aromatic N) is 2. The van der Waals surface area contributed by atoms with Crippen molar-refractivity contribution in [1.82, 2.24) is 4.57 Å². The molecule has 4 aliphatic carbocycles. The molecule has 1 aromatic carbocycles. The molecule has 2 aromatic rings. The number of hydrogen-bond acceptors (Lipinski definition) is 7. The van der Waals surface area contributed by atoms with E-state index in [1.54, 1.807) is 6.07 Å². The normalized spacial score (nSPS) is 27.5. The number of carboxylic acid groups (broad SMARTS) is 1. The number of hydrogen-bond donors (Lipinski definition) is 1. The summed E-state index contributed by atoms with van der Waals surface area (Å²) in [6, 6.07) is 7.75. The number of pyridine rings is 1. The summed E-state index contributed by atoms with van der Waals surface area (Å²) >= 11 is 0. The predicted octanol–water partition coefficient (Wildman–Crippen LogP) is 3.17. The van der Waals surface area contributed by atoms with Crippen molar-refractivity contribution in [2.24, 2.45) is 29.7 Å². The van der Waals surface area contributed by atoms with Crippen LogP contribution < -0.4 is 15.2 Å². The molecule has 1 amide bonds. The van der Waals surface area contributed by atoms with Gasteiger partial charge in [-0.1, -0.05) is 0 Å². The summed E-state index contributed by atoms with van der Waals surface area (Å²) in [6.45, 7) is 1.45. The Bertz CT molecular complexity index is 1380. The van der Waals surface area contributed by atoms with E-state index < -0.39 is 34.4 Å². The maximum absolute atomic E-state index is 14.3. The molecule has 1 aromatic heterocycles. The van der Waals surface area contributed by atoms with E-state index in [1.165, 1.54) is 67.1 Å². The summed E-state index contributed by atoms with van der Waals surface area (Å²) in [6.07, 6.45) is 5.47. The van der Waals surface area contributed by atoms with Crippen LogP contribution in [0, 0.1) is 22.7 Å². The van der Waals surface area contributed by atoms with Crippen LogP contribution in [0.1, 0.15) is 55.8 Å². The van der Waals surface area contributed by atoms with Crippen molar-refractivity contribution >= 4 is 29.5 Å². The third-order valence-electron chi connectivity index (χ3n) is 8.77. The highest BCUT2D eigenvalue weighted by Crippen LogP contribution is 2.66. The number of carbonyl (C=O) groups is 4. The molecule has 3 atom stereocenters. The van der Waals surface area contributed by atoms with E-state index in [2.05, 4.69) is 0 Å². The fourth-order valence-electron chi connectivity index (χ4n) is 7.44. The Labute approximate surface area is 225 Å². The molecule has 10 heteroatoms. The Morgan fingerprint density at radius 1 is 1.03 bits per heavy atom. The van der Waals surface area contributed by atoms with E-state index in [1.807, 2.05) is 0 Å². The van der Waals surface area contributed by atoms with Crippen LogP contribution >= 0.6 is 0 Å². The minimum atomic E-state index is -1.17. The average Bonchev–Trinajstić information content (AvgIpc) is 2.89. The smallest absolute Gasteiger partial charge is 0.349 e. The highest BCUT2D eigenvalue weighted by molar-refractivity contribution is 6.03. The standard InChI is InChI=1S/C29H32N2O8/c1-17(24(33)34)31(20-6-8-21(9-7-20)39-25(35)22-5-4-10-30(2)23(22)32)26(36)28-12-18-11-19(13-28)15-29(14-18,16-28)27(37)38-3/h4-10,17-19H,11-16H2,1-3H3,(H,33,34)/t17-,18?,19?,28?,29?/m0/s1. The molecule has 1 heterocycles. The lowest BCUT2D eigenvalue weighted by Gasteiger charge is -2.60. The zero-order valence-electron chi connectivity index (χ0n) is 22.2. The quantitative estimate of drug-likeness (QED) is 0.422. The number of aryl methyl sites for hydroxylation is 1. The lowest BCUT2D eigenvalue weighted by atomic mass is 9.44. The van der Waals surface area contributed by atoms with E-state index >= 15 is 0 Å². The van der Waals surface area contributed by atoms with Crippen molar-refractivity contribution in [3.05, 3.63) is 58.5 Å². The molecule has 4 aliphatic rings. The minimum absolute atomic E-state index is 0.123. The van der Waals surface area contributed by atoms with Gasteiger partial charge in [0.15, 0.2) is 0 Å².